The van der Waals surface area contributed by atoms with Gasteiger partial charge in [-0.25, -0.2) is 4.79 Å². The summed E-state index contributed by atoms with van der Waals surface area (Å²) in [6.45, 7) is 1.10. The predicted molar refractivity (Wildman–Crippen MR) is 51.8 cm³/mol. The molecule has 0 aliphatic heterocycles. The largest absolute Gasteiger partial charge is 0.478 e. The molecule has 4 N–H and O–H groups in total. The number of allylic oxidation sites excluding steroid dienone is 3. The quantitative estimate of drug-likeness (QED) is 0.367. The molecule has 0 aliphatic carbocycles. The molecule has 0 aromatic heterocycles. The maximum absolute atomic E-state index is 9.75. The Hall–Kier alpha value is -1.17. The summed E-state index contributed by atoms with van der Waals surface area (Å²) in [5.41, 5.74) is 0. The van der Waals surface area contributed by atoms with Crippen molar-refractivity contribution < 1.29 is 25.2 Å². The van der Waals surface area contributed by atoms with E-state index in [0.717, 1.165) is 6.08 Å². The summed E-state index contributed by atoms with van der Waals surface area (Å²) in [4.78, 5) is 9.75. The fourth-order valence-corrected chi connectivity index (χ4v) is 0.307. The molecule has 0 aliphatic rings. The van der Waals surface area contributed by atoms with Gasteiger partial charge in [-0.05, 0) is 6.92 Å². The number of aliphatic hydroxyl groups is 3. The van der Waals surface area contributed by atoms with E-state index in [4.69, 9.17) is 20.4 Å². The van der Waals surface area contributed by atoms with Crippen LogP contribution in [-0.4, -0.2) is 45.7 Å². The highest BCUT2D eigenvalue weighted by Crippen LogP contribution is 1.74. The van der Waals surface area contributed by atoms with E-state index in [1.54, 1.807) is 12.2 Å². The van der Waals surface area contributed by atoms with Gasteiger partial charge in [0.2, 0.25) is 0 Å². The summed E-state index contributed by atoms with van der Waals surface area (Å²) in [5, 5.41) is 32.0. The number of carbonyl (C=O) groups is 1. The highest BCUT2D eigenvalue weighted by molar-refractivity contribution is 5.80. The third kappa shape index (κ3) is 17.1. The Bertz CT molecular complexity index is 182. The van der Waals surface area contributed by atoms with Crippen LogP contribution in [0, 0.1) is 0 Å². The predicted octanol–water partition coefficient (Wildman–Crippen LogP) is -0.465. The molecule has 0 saturated carbocycles. The average molecular weight is 204 g/mol. The molecule has 0 heterocycles. The summed E-state index contributed by atoms with van der Waals surface area (Å²) in [6.07, 6.45) is 5.03. The average Bonchev–Trinajstić information content (AvgIpc) is 2.17. The van der Waals surface area contributed by atoms with Crippen LogP contribution in [0.2, 0.25) is 0 Å². The van der Waals surface area contributed by atoms with Crippen molar-refractivity contribution in [3.63, 3.8) is 0 Å². The van der Waals surface area contributed by atoms with Crippen molar-refractivity contribution in [2.24, 2.45) is 0 Å². The standard InChI is InChI=1S/C6H8O2.C3H8O3/c1-2-3-4-5-6(7)8;4-1-3(6)2-5/h2-5H,1H3,(H,7,8);3-6H,1-2H2. The third-order valence-corrected chi connectivity index (χ3v) is 0.964. The Balaban J connectivity index is 0. The minimum atomic E-state index is -0.954. The molecule has 0 amide bonds. The van der Waals surface area contributed by atoms with Gasteiger partial charge in [0.1, 0.15) is 6.10 Å². The number of carboxylic acids is 1. The molecule has 0 rings (SSSR count). The molecule has 0 bridgehead atoms. The van der Waals surface area contributed by atoms with E-state index < -0.39 is 12.1 Å². The van der Waals surface area contributed by atoms with Gasteiger partial charge in [0.15, 0.2) is 0 Å². The molecule has 0 spiro atoms. The van der Waals surface area contributed by atoms with Crippen LogP contribution >= 0.6 is 0 Å². The zero-order chi connectivity index (χ0) is 11.4. The first-order chi connectivity index (χ1) is 6.58. The molecule has 0 atom stereocenters. The first-order valence-corrected chi connectivity index (χ1v) is 4.00. The second kappa shape index (κ2) is 11.8. The molecule has 0 saturated heterocycles. The topological polar surface area (TPSA) is 98.0 Å². The van der Waals surface area contributed by atoms with Gasteiger partial charge >= 0.3 is 5.97 Å². The van der Waals surface area contributed by atoms with Crippen LogP contribution in [0.5, 0.6) is 0 Å². The lowest BCUT2D eigenvalue weighted by Gasteiger charge is -1.96. The van der Waals surface area contributed by atoms with E-state index in [9.17, 15) is 4.79 Å². The second-order valence-electron chi connectivity index (χ2n) is 2.24. The van der Waals surface area contributed by atoms with Crippen molar-refractivity contribution >= 4 is 5.97 Å². The number of hydrogen-bond acceptors (Lipinski definition) is 4. The van der Waals surface area contributed by atoms with Gasteiger partial charge in [0.05, 0.1) is 13.2 Å². The fourth-order valence-electron chi connectivity index (χ4n) is 0.307. The number of carboxylic acid groups (broad SMARTS) is 1. The highest BCUT2D eigenvalue weighted by Gasteiger charge is 1.93. The molecule has 0 radical (unpaired) electrons. The van der Waals surface area contributed by atoms with Gasteiger partial charge in [-0.2, -0.15) is 0 Å². The molecule has 0 unspecified atom stereocenters. The number of hydrogen-bond donors (Lipinski definition) is 4. The molecule has 82 valence electrons. The lowest BCUT2D eigenvalue weighted by molar-refractivity contribution is -0.131. The molecule has 0 fully saturated rings. The summed E-state index contributed by atoms with van der Waals surface area (Å²) in [7, 11) is 0. The second-order valence-corrected chi connectivity index (χ2v) is 2.24. The maximum atomic E-state index is 9.75. The van der Waals surface area contributed by atoms with Crippen LogP contribution in [0.25, 0.3) is 0 Å². The molecular weight excluding hydrogens is 188 g/mol. The Kier molecular flexibility index (Phi) is 12.9. The monoisotopic (exact) mass is 204 g/mol. The van der Waals surface area contributed by atoms with E-state index >= 15 is 0 Å². The van der Waals surface area contributed by atoms with Crippen LogP contribution in [0.1, 0.15) is 6.92 Å². The van der Waals surface area contributed by atoms with Crippen molar-refractivity contribution in [2.45, 2.75) is 13.0 Å². The van der Waals surface area contributed by atoms with Crippen LogP contribution in [-0.2, 0) is 4.79 Å². The Morgan fingerprint density at radius 3 is 2.00 bits per heavy atom. The number of aliphatic hydroxyl groups excluding tert-OH is 3. The molecular formula is C9H16O5. The lowest BCUT2D eigenvalue weighted by Crippen LogP contribution is -2.15. The first-order valence-electron chi connectivity index (χ1n) is 4.00. The summed E-state index contributed by atoms with van der Waals surface area (Å²) < 4.78 is 0. The zero-order valence-corrected chi connectivity index (χ0v) is 8.00. The van der Waals surface area contributed by atoms with Crippen LogP contribution in [0.3, 0.4) is 0 Å². The summed E-state index contributed by atoms with van der Waals surface area (Å²) in [5.74, 6) is -0.914. The van der Waals surface area contributed by atoms with E-state index in [1.165, 1.54) is 6.08 Å². The van der Waals surface area contributed by atoms with Crippen LogP contribution in [0.4, 0.5) is 0 Å². The molecule has 0 aromatic rings. The van der Waals surface area contributed by atoms with Crippen molar-refractivity contribution in [1.29, 1.82) is 0 Å². The van der Waals surface area contributed by atoms with E-state index in [2.05, 4.69) is 0 Å². The normalized spacial score (nSPS) is 10.6. The first kappa shape index (κ1) is 15.3. The van der Waals surface area contributed by atoms with Crippen molar-refractivity contribution in [1.82, 2.24) is 0 Å². The van der Waals surface area contributed by atoms with E-state index in [1.807, 2.05) is 6.92 Å². The number of rotatable bonds is 4. The lowest BCUT2D eigenvalue weighted by atomic mass is 10.4. The van der Waals surface area contributed by atoms with Crippen LogP contribution < -0.4 is 0 Å². The summed E-state index contributed by atoms with van der Waals surface area (Å²) >= 11 is 0. The van der Waals surface area contributed by atoms with Crippen molar-refractivity contribution in [3.8, 4) is 0 Å². The SMILES string of the molecule is CC=CC=CC(=O)O.OCC(O)CO. The van der Waals surface area contributed by atoms with Gasteiger partial charge in [-0.1, -0.05) is 18.2 Å². The van der Waals surface area contributed by atoms with Gasteiger partial charge in [-0.15, -0.1) is 0 Å². The van der Waals surface area contributed by atoms with Crippen molar-refractivity contribution in [2.75, 3.05) is 13.2 Å². The molecule has 5 nitrogen and oxygen atoms in total. The van der Waals surface area contributed by atoms with Gasteiger partial charge < -0.3 is 20.4 Å². The molecule has 14 heavy (non-hydrogen) atoms. The van der Waals surface area contributed by atoms with Crippen LogP contribution in [0.15, 0.2) is 24.3 Å². The van der Waals surface area contributed by atoms with Gasteiger partial charge in [-0.3, -0.25) is 0 Å². The van der Waals surface area contributed by atoms with Gasteiger partial charge in [0, 0.05) is 6.08 Å². The summed E-state index contributed by atoms with van der Waals surface area (Å²) in [6, 6.07) is 0. The zero-order valence-electron chi connectivity index (χ0n) is 8.00. The Morgan fingerprint density at radius 2 is 1.79 bits per heavy atom. The molecule has 5 heteroatoms. The number of aliphatic carboxylic acids is 1. The maximum Gasteiger partial charge on any atom is 0.328 e. The minimum absolute atomic E-state index is 0.365. The highest BCUT2D eigenvalue weighted by atomic mass is 16.4. The minimum Gasteiger partial charge on any atom is -0.478 e. The Labute approximate surface area is 82.6 Å². The third-order valence-electron chi connectivity index (χ3n) is 0.964. The van der Waals surface area contributed by atoms with E-state index in [-0.39, 0.29) is 13.2 Å². The smallest absolute Gasteiger partial charge is 0.328 e. The van der Waals surface area contributed by atoms with E-state index in [0.29, 0.717) is 0 Å². The fraction of sp³-hybridized carbons (Fsp3) is 0.444. The van der Waals surface area contributed by atoms with Crippen molar-refractivity contribution in [3.05, 3.63) is 24.3 Å². The Morgan fingerprint density at radius 1 is 1.29 bits per heavy atom. The molecule has 0 aromatic carbocycles. The van der Waals surface area contributed by atoms with Gasteiger partial charge in [0.25, 0.3) is 0 Å².